The second-order valence-corrected chi connectivity index (χ2v) is 7.45. The molecule has 0 spiro atoms. The topological polar surface area (TPSA) is 132 Å². The van der Waals surface area contributed by atoms with Crippen molar-refractivity contribution in [2.75, 3.05) is 6.61 Å². The van der Waals surface area contributed by atoms with Gasteiger partial charge in [-0.15, -0.1) is 0 Å². The lowest BCUT2D eigenvalue weighted by Gasteiger charge is -2.23. The quantitative estimate of drug-likeness (QED) is 0.181. The Morgan fingerprint density at radius 1 is 1.14 bits per heavy atom. The molecular formula is C16H16ClIN4O7. The van der Waals surface area contributed by atoms with Crippen LogP contribution >= 0.6 is 34.2 Å². The third-order valence-corrected chi connectivity index (χ3v) is 4.71. The minimum absolute atomic E-state index is 0.146. The number of hydrogen-bond acceptors (Lipinski definition) is 10. The standard InChI is InChI=1S/C16H16ClIN4O7/c1-6(23)26-4-9-11(27-7(2)24)12(28-8(3)25)15(29-9)22-5-19-10-13(17)20-16(18)21-14(10)22/h5,9,11-12,15H,4H2,1-3H3/t9-,11+,12?,15-/m1/s1. The van der Waals surface area contributed by atoms with Crippen molar-refractivity contribution >= 4 is 63.3 Å². The number of rotatable bonds is 5. The van der Waals surface area contributed by atoms with Gasteiger partial charge in [-0.05, 0) is 0 Å². The molecule has 0 bridgehead atoms. The lowest BCUT2D eigenvalue weighted by atomic mass is 10.1. The summed E-state index contributed by atoms with van der Waals surface area (Å²) in [6, 6.07) is 0. The molecule has 0 radical (unpaired) electrons. The van der Waals surface area contributed by atoms with Crippen LogP contribution in [-0.2, 0) is 33.3 Å². The van der Waals surface area contributed by atoms with Crippen molar-refractivity contribution in [2.45, 2.75) is 45.3 Å². The van der Waals surface area contributed by atoms with Crippen LogP contribution in [0.5, 0.6) is 0 Å². The first-order valence-corrected chi connectivity index (χ1v) is 9.82. The number of hydrogen-bond donors (Lipinski definition) is 0. The monoisotopic (exact) mass is 538 g/mol. The molecule has 13 heteroatoms. The molecule has 3 rings (SSSR count). The van der Waals surface area contributed by atoms with E-state index in [1.807, 2.05) is 22.6 Å². The highest BCUT2D eigenvalue weighted by atomic mass is 127. The van der Waals surface area contributed by atoms with E-state index in [0.717, 1.165) is 0 Å². The zero-order valence-electron chi connectivity index (χ0n) is 15.5. The summed E-state index contributed by atoms with van der Waals surface area (Å²) in [4.78, 5) is 47.1. The summed E-state index contributed by atoms with van der Waals surface area (Å²) >= 11 is 8.03. The SMILES string of the molecule is CC(=O)OC[C@H]1O[C@@H](n2cnc3c(Cl)nc(I)nc32)C(OC(C)=O)[C@H]1OC(C)=O. The number of halogens is 2. The number of nitrogens with zero attached hydrogens (tertiary/aromatic N) is 4. The number of ether oxygens (including phenoxy) is 4. The number of fused-ring (bicyclic) bond motifs is 1. The lowest BCUT2D eigenvalue weighted by Crippen LogP contribution is -2.40. The van der Waals surface area contributed by atoms with Crippen LogP contribution in [0.15, 0.2) is 6.33 Å². The summed E-state index contributed by atoms with van der Waals surface area (Å²) in [5.41, 5.74) is 0.663. The number of imidazole rings is 1. The molecule has 2 aromatic rings. The molecule has 3 heterocycles. The minimum atomic E-state index is -1.04. The normalized spacial score (nSPS) is 23.8. The Bertz CT molecular complexity index is 968. The Balaban J connectivity index is 2.04. The van der Waals surface area contributed by atoms with Crippen molar-refractivity contribution < 1.29 is 33.3 Å². The van der Waals surface area contributed by atoms with Gasteiger partial charge in [0.15, 0.2) is 33.1 Å². The van der Waals surface area contributed by atoms with E-state index in [4.69, 9.17) is 30.5 Å². The Labute approximate surface area is 183 Å². The van der Waals surface area contributed by atoms with Gasteiger partial charge in [0.1, 0.15) is 18.2 Å². The molecule has 2 aromatic heterocycles. The molecule has 4 atom stereocenters. The Morgan fingerprint density at radius 2 is 1.79 bits per heavy atom. The van der Waals surface area contributed by atoms with Gasteiger partial charge < -0.3 is 18.9 Å². The molecule has 1 aliphatic rings. The van der Waals surface area contributed by atoms with E-state index in [1.54, 1.807) is 0 Å². The molecule has 1 aliphatic heterocycles. The van der Waals surface area contributed by atoms with Gasteiger partial charge in [-0.25, -0.2) is 15.0 Å². The average molecular weight is 539 g/mol. The van der Waals surface area contributed by atoms with Crippen LogP contribution in [0, 0.1) is 3.83 Å². The molecule has 1 saturated heterocycles. The molecule has 29 heavy (non-hydrogen) atoms. The number of esters is 3. The predicted molar refractivity (Wildman–Crippen MR) is 105 cm³/mol. The summed E-state index contributed by atoms with van der Waals surface area (Å²) < 4.78 is 23.6. The first-order chi connectivity index (χ1) is 13.7. The van der Waals surface area contributed by atoms with Gasteiger partial charge in [0.05, 0.1) is 6.33 Å². The summed E-state index contributed by atoms with van der Waals surface area (Å²) in [5, 5.41) is 0.146. The third-order valence-electron chi connectivity index (χ3n) is 3.97. The van der Waals surface area contributed by atoms with Crippen molar-refractivity contribution in [3.05, 3.63) is 15.3 Å². The van der Waals surface area contributed by atoms with E-state index in [0.29, 0.717) is 15.0 Å². The highest BCUT2D eigenvalue weighted by molar-refractivity contribution is 14.1. The van der Waals surface area contributed by atoms with Gasteiger partial charge in [-0.1, -0.05) is 11.6 Å². The van der Waals surface area contributed by atoms with Gasteiger partial charge in [0.25, 0.3) is 0 Å². The summed E-state index contributed by atoms with van der Waals surface area (Å²) in [6.45, 7) is 3.46. The van der Waals surface area contributed by atoms with Crippen LogP contribution in [0.25, 0.3) is 11.2 Å². The Kier molecular flexibility index (Phi) is 6.53. The largest absolute Gasteiger partial charge is 0.463 e. The molecule has 11 nitrogen and oxygen atoms in total. The molecular weight excluding hydrogens is 523 g/mol. The van der Waals surface area contributed by atoms with Crippen molar-refractivity contribution in [3.8, 4) is 0 Å². The first kappa shape index (κ1) is 21.6. The zero-order valence-corrected chi connectivity index (χ0v) is 18.4. The highest BCUT2D eigenvalue weighted by Gasteiger charge is 2.51. The predicted octanol–water partition coefficient (Wildman–Crippen LogP) is 1.41. The molecule has 0 aliphatic carbocycles. The zero-order chi connectivity index (χ0) is 21.3. The second-order valence-electron chi connectivity index (χ2n) is 6.12. The van der Waals surface area contributed by atoms with Gasteiger partial charge >= 0.3 is 17.9 Å². The molecule has 1 unspecified atom stereocenters. The maximum absolute atomic E-state index is 11.7. The van der Waals surface area contributed by atoms with Gasteiger partial charge in [0, 0.05) is 43.4 Å². The van der Waals surface area contributed by atoms with Crippen LogP contribution in [0.3, 0.4) is 0 Å². The fourth-order valence-electron chi connectivity index (χ4n) is 2.96. The summed E-state index contributed by atoms with van der Waals surface area (Å²) in [7, 11) is 0. The van der Waals surface area contributed by atoms with E-state index >= 15 is 0 Å². The van der Waals surface area contributed by atoms with Crippen molar-refractivity contribution in [1.82, 2.24) is 19.5 Å². The average Bonchev–Trinajstić information content (AvgIpc) is 3.15. The van der Waals surface area contributed by atoms with Crippen LogP contribution in [0.1, 0.15) is 27.0 Å². The van der Waals surface area contributed by atoms with E-state index in [1.165, 1.54) is 31.7 Å². The van der Waals surface area contributed by atoms with E-state index in [2.05, 4.69) is 15.0 Å². The highest BCUT2D eigenvalue weighted by Crippen LogP contribution is 2.36. The molecule has 1 fully saturated rings. The Morgan fingerprint density at radius 3 is 2.41 bits per heavy atom. The maximum Gasteiger partial charge on any atom is 0.303 e. The fraction of sp³-hybridized carbons (Fsp3) is 0.500. The summed E-state index contributed by atoms with van der Waals surface area (Å²) in [6.07, 6.45) is -2.50. The number of carbonyl (C=O) groups excluding carboxylic acids is 3. The molecule has 0 saturated carbocycles. The van der Waals surface area contributed by atoms with Crippen molar-refractivity contribution in [3.63, 3.8) is 0 Å². The molecule has 0 N–H and O–H groups in total. The minimum Gasteiger partial charge on any atom is -0.463 e. The smallest absolute Gasteiger partial charge is 0.303 e. The summed E-state index contributed by atoms with van der Waals surface area (Å²) in [5.74, 6) is -1.76. The second kappa shape index (κ2) is 8.75. The Hall–Kier alpha value is -2.06. The fourth-order valence-corrected chi connectivity index (χ4v) is 3.79. The molecule has 156 valence electrons. The van der Waals surface area contributed by atoms with E-state index in [-0.39, 0.29) is 11.8 Å². The van der Waals surface area contributed by atoms with Crippen molar-refractivity contribution in [1.29, 1.82) is 0 Å². The van der Waals surface area contributed by atoms with Crippen LogP contribution in [0.4, 0.5) is 0 Å². The van der Waals surface area contributed by atoms with Gasteiger partial charge in [-0.3, -0.25) is 19.0 Å². The molecule has 0 amide bonds. The van der Waals surface area contributed by atoms with Crippen LogP contribution in [-0.4, -0.2) is 62.3 Å². The number of aromatic nitrogens is 4. The maximum atomic E-state index is 11.7. The van der Waals surface area contributed by atoms with Gasteiger partial charge in [-0.2, -0.15) is 0 Å². The van der Waals surface area contributed by atoms with Crippen LogP contribution < -0.4 is 0 Å². The van der Waals surface area contributed by atoms with Crippen molar-refractivity contribution in [2.24, 2.45) is 0 Å². The third kappa shape index (κ3) is 4.75. The lowest BCUT2D eigenvalue weighted by molar-refractivity contribution is -0.166. The molecule has 0 aromatic carbocycles. The number of carbonyl (C=O) groups is 3. The van der Waals surface area contributed by atoms with E-state index in [9.17, 15) is 14.4 Å². The van der Waals surface area contributed by atoms with Gasteiger partial charge in [0.2, 0.25) is 0 Å². The van der Waals surface area contributed by atoms with E-state index < -0.39 is 42.4 Å². The van der Waals surface area contributed by atoms with Crippen LogP contribution in [0.2, 0.25) is 5.15 Å². The first-order valence-electron chi connectivity index (χ1n) is 8.36.